The standard InChI is InChI=1S/C23H23ClN2O2/c1-4-7-19-21(22(27)14(2)3)17-11-10-15(23(25)28)12-20(17)26(19)13-16-8-5-6-9-18(16)24/h4-12,14H,13H2,1-3H3,(H2,25,28)/b7-4-. The zero-order chi connectivity index (χ0) is 20.4. The van der Waals surface area contributed by atoms with Crippen LogP contribution in [0.4, 0.5) is 0 Å². The van der Waals surface area contributed by atoms with Gasteiger partial charge in [0.05, 0.1) is 16.8 Å². The van der Waals surface area contributed by atoms with Gasteiger partial charge in [-0.1, -0.05) is 55.8 Å². The molecule has 0 fully saturated rings. The van der Waals surface area contributed by atoms with Crippen LogP contribution in [0.25, 0.3) is 17.0 Å². The van der Waals surface area contributed by atoms with Crippen molar-refractivity contribution in [2.75, 3.05) is 0 Å². The van der Waals surface area contributed by atoms with E-state index in [1.807, 2.05) is 61.8 Å². The highest BCUT2D eigenvalue weighted by atomic mass is 35.5. The number of primary amides is 1. The van der Waals surface area contributed by atoms with Crippen LogP contribution in [0.3, 0.4) is 0 Å². The van der Waals surface area contributed by atoms with E-state index in [-0.39, 0.29) is 11.7 Å². The van der Waals surface area contributed by atoms with Crippen LogP contribution in [0.1, 0.15) is 52.7 Å². The van der Waals surface area contributed by atoms with Crippen molar-refractivity contribution in [3.8, 4) is 0 Å². The first-order valence-corrected chi connectivity index (χ1v) is 9.59. The molecular weight excluding hydrogens is 372 g/mol. The lowest BCUT2D eigenvalue weighted by molar-refractivity contribution is 0.0940. The predicted molar refractivity (Wildman–Crippen MR) is 115 cm³/mol. The van der Waals surface area contributed by atoms with Gasteiger partial charge < -0.3 is 10.3 Å². The second-order valence-electron chi connectivity index (χ2n) is 7.05. The number of allylic oxidation sites excluding steroid dienone is 1. The van der Waals surface area contributed by atoms with Crippen molar-refractivity contribution in [1.29, 1.82) is 0 Å². The number of nitrogens with two attached hydrogens (primary N) is 1. The van der Waals surface area contributed by atoms with E-state index < -0.39 is 5.91 Å². The number of carbonyl (C=O) groups excluding carboxylic acids is 2. The third-order valence-corrected chi connectivity index (χ3v) is 5.14. The number of fused-ring (bicyclic) bond motifs is 1. The Morgan fingerprint density at radius 2 is 1.89 bits per heavy atom. The number of halogens is 1. The minimum absolute atomic E-state index is 0.0582. The fourth-order valence-electron chi connectivity index (χ4n) is 3.37. The number of carbonyl (C=O) groups is 2. The van der Waals surface area contributed by atoms with Crippen LogP contribution < -0.4 is 5.73 Å². The van der Waals surface area contributed by atoms with Gasteiger partial charge in [0, 0.05) is 28.4 Å². The molecule has 0 spiro atoms. The number of aromatic nitrogens is 1. The maximum absolute atomic E-state index is 13.0. The number of rotatable bonds is 6. The Morgan fingerprint density at radius 1 is 1.18 bits per heavy atom. The van der Waals surface area contributed by atoms with Crippen LogP contribution in [-0.2, 0) is 6.54 Å². The zero-order valence-electron chi connectivity index (χ0n) is 16.2. The number of amides is 1. The Kier molecular flexibility index (Phi) is 5.71. The Labute approximate surface area is 169 Å². The average Bonchev–Trinajstić information content (AvgIpc) is 2.95. The van der Waals surface area contributed by atoms with E-state index in [1.165, 1.54) is 0 Å². The second-order valence-corrected chi connectivity index (χ2v) is 7.46. The summed E-state index contributed by atoms with van der Waals surface area (Å²) in [6.07, 6.45) is 3.83. The van der Waals surface area contributed by atoms with Gasteiger partial charge in [-0.2, -0.15) is 0 Å². The molecule has 3 rings (SSSR count). The lowest BCUT2D eigenvalue weighted by Gasteiger charge is -2.12. The lowest BCUT2D eigenvalue weighted by atomic mass is 9.97. The van der Waals surface area contributed by atoms with Crippen LogP contribution >= 0.6 is 11.6 Å². The number of benzene rings is 2. The van der Waals surface area contributed by atoms with Gasteiger partial charge in [0.2, 0.25) is 5.91 Å². The highest BCUT2D eigenvalue weighted by Crippen LogP contribution is 2.32. The summed E-state index contributed by atoms with van der Waals surface area (Å²) in [5, 5.41) is 1.46. The normalized spacial score (nSPS) is 11.6. The monoisotopic (exact) mass is 394 g/mol. The largest absolute Gasteiger partial charge is 0.366 e. The van der Waals surface area contributed by atoms with E-state index in [0.717, 1.165) is 22.2 Å². The summed E-state index contributed by atoms with van der Waals surface area (Å²) in [7, 11) is 0. The van der Waals surface area contributed by atoms with Crippen molar-refractivity contribution < 1.29 is 9.59 Å². The van der Waals surface area contributed by atoms with Gasteiger partial charge in [-0.05, 0) is 36.8 Å². The number of nitrogens with zero attached hydrogens (tertiary/aromatic N) is 1. The van der Waals surface area contributed by atoms with Gasteiger partial charge in [-0.3, -0.25) is 9.59 Å². The zero-order valence-corrected chi connectivity index (χ0v) is 17.0. The first-order valence-electron chi connectivity index (χ1n) is 9.21. The Bertz CT molecular complexity index is 1090. The maximum atomic E-state index is 13.0. The van der Waals surface area contributed by atoms with Crippen LogP contribution in [0.15, 0.2) is 48.5 Å². The first-order chi connectivity index (χ1) is 13.3. The van der Waals surface area contributed by atoms with Crippen molar-refractivity contribution in [2.45, 2.75) is 27.3 Å². The molecule has 1 aromatic heterocycles. The molecule has 0 unspecified atom stereocenters. The third kappa shape index (κ3) is 3.60. The number of Topliss-reactive ketones (excluding diaryl/α,β-unsaturated/α-hetero) is 1. The molecule has 0 bridgehead atoms. The summed E-state index contributed by atoms with van der Waals surface area (Å²) in [4.78, 5) is 24.8. The van der Waals surface area contributed by atoms with Gasteiger partial charge in [0.25, 0.3) is 0 Å². The molecule has 0 radical (unpaired) electrons. The van der Waals surface area contributed by atoms with E-state index in [9.17, 15) is 9.59 Å². The van der Waals surface area contributed by atoms with Gasteiger partial charge in [0.1, 0.15) is 0 Å². The fourth-order valence-corrected chi connectivity index (χ4v) is 3.56. The van der Waals surface area contributed by atoms with Crippen molar-refractivity contribution in [3.05, 3.63) is 75.9 Å². The molecule has 0 saturated carbocycles. The molecule has 0 atom stereocenters. The molecule has 0 aliphatic carbocycles. The van der Waals surface area contributed by atoms with Gasteiger partial charge in [-0.15, -0.1) is 0 Å². The fraction of sp³-hybridized carbons (Fsp3) is 0.217. The molecule has 28 heavy (non-hydrogen) atoms. The van der Waals surface area contributed by atoms with Crippen molar-refractivity contribution >= 4 is 40.3 Å². The summed E-state index contributed by atoms with van der Waals surface area (Å²) in [5.74, 6) is -0.598. The summed E-state index contributed by atoms with van der Waals surface area (Å²) >= 11 is 6.38. The molecule has 3 aromatic rings. The van der Waals surface area contributed by atoms with E-state index in [2.05, 4.69) is 0 Å². The molecule has 0 aliphatic rings. The Balaban J connectivity index is 2.36. The molecule has 0 saturated heterocycles. The predicted octanol–water partition coefficient (Wildman–Crippen LogP) is 5.31. The summed E-state index contributed by atoms with van der Waals surface area (Å²) in [6, 6.07) is 12.8. The van der Waals surface area contributed by atoms with Crippen molar-refractivity contribution in [3.63, 3.8) is 0 Å². The number of ketones is 1. The topological polar surface area (TPSA) is 65.1 Å². The molecule has 2 aromatic carbocycles. The van der Waals surface area contributed by atoms with Gasteiger partial charge in [0.15, 0.2) is 5.78 Å². The van der Waals surface area contributed by atoms with Crippen molar-refractivity contribution in [1.82, 2.24) is 4.57 Å². The van der Waals surface area contributed by atoms with E-state index in [4.69, 9.17) is 17.3 Å². The molecule has 1 heterocycles. The SMILES string of the molecule is C/C=C\c1c(C(=O)C(C)C)c2ccc(C(N)=O)cc2n1Cc1ccccc1Cl. The minimum atomic E-state index is -0.503. The van der Waals surface area contributed by atoms with E-state index in [0.29, 0.717) is 22.7 Å². The smallest absolute Gasteiger partial charge is 0.248 e. The Hall–Kier alpha value is -2.85. The molecule has 1 amide bonds. The van der Waals surface area contributed by atoms with Crippen LogP contribution in [0, 0.1) is 5.92 Å². The summed E-state index contributed by atoms with van der Waals surface area (Å²) < 4.78 is 2.03. The summed E-state index contributed by atoms with van der Waals surface area (Å²) in [5.41, 5.74) is 9.07. The highest BCUT2D eigenvalue weighted by molar-refractivity contribution is 6.31. The summed E-state index contributed by atoms with van der Waals surface area (Å²) in [6.45, 7) is 6.16. The molecule has 0 aliphatic heterocycles. The lowest BCUT2D eigenvalue weighted by Crippen LogP contribution is -2.11. The maximum Gasteiger partial charge on any atom is 0.248 e. The van der Waals surface area contributed by atoms with E-state index in [1.54, 1.807) is 18.2 Å². The number of hydrogen-bond acceptors (Lipinski definition) is 2. The molecule has 5 heteroatoms. The van der Waals surface area contributed by atoms with Gasteiger partial charge >= 0.3 is 0 Å². The third-order valence-electron chi connectivity index (χ3n) is 4.77. The average molecular weight is 395 g/mol. The van der Waals surface area contributed by atoms with Crippen LogP contribution in [0.2, 0.25) is 5.02 Å². The van der Waals surface area contributed by atoms with Crippen LogP contribution in [0.5, 0.6) is 0 Å². The second kappa shape index (κ2) is 8.03. The highest BCUT2D eigenvalue weighted by Gasteiger charge is 2.24. The molecule has 4 nitrogen and oxygen atoms in total. The van der Waals surface area contributed by atoms with Crippen LogP contribution in [-0.4, -0.2) is 16.3 Å². The molecular formula is C23H23ClN2O2. The number of hydrogen-bond donors (Lipinski definition) is 1. The Morgan fingerprint density at radius 3 is 2.50 bits per heavy atom. The molecule has 2 N–H and O–H groups in total. The quantitative estimate of drug-likeness (QED) is 0.575. The first kappa shape index (κ1) is 19.9. The molecule has 144 valence electrons. The van der Waals surface area contributed by atoms with Crippen molar-refractivity contribution in [2.24, 2.45) is 11.7 Å². The minimum Gasteiger partial charge on any atom is -0.366 e. The van der Waals surface area contributed by atoms with E-state index >= 15 is 0 Å². The van der Waals surface area contributed by atoms with Gasteiger partial charge in [-0.25, -0.2) is 0 Å².